The van der Waals surface area contributed by atoms with Crippen molar-refractivity contribution < 1.29 is 14.5 Å². The number of non-ortho nitro benzene ring substituents is 1. The largest absolute Gasteiger partial charge is 0.423 e. The summed E-state index contributed by atoms with van der Waals surface area (Å²) in [4.78, 5) is 30.3. The molecule has 0 saturated carbocycles. The zero-order chi connectivity index (χ0) is 18.5. The van der Waals surface area contributed by atoms with Crippen LogP contribution in [-0.2, 0) is 0 Å². The number of nitro benzene ring substituents is 1. The Morgan fingerprint density at radius 2 is 1.77 bits per heavy atom. The minimum atomic E-state index is -0.591. The summed E-state index contributed by atoms with van der Waals surface area (Å²) in [6.07, 6.45) is 1.47. The highest BCUT2D eigenvalue weighted by atomic mass is 16.6. The predicted octanol–water partition coefficient (Wildman–Crippen LogP) is 3.66. The third-order valence-electron chi connectivity index (χ3n) is 3.45. The first-order chi connectivity index (χ1) is 12.5. The molecule has 3 rings (SSSR count). The quantitative estimate of drug-likeness (QED) is 0.324. The summed E-state index contributed by atoms with van der Waals surface area (Å²) in [5.41, 5.74) is 1.76. The van der Waals surface area contributed by atoms with E-state index in [9.17, 15) is 14.9 Å². The number of nitrogens with zero attached hydrogens (tertiary/aromatic N) is 3. The van der Waals surface area contributed by atoms with Gasteiger partial charge in [-0.1, -0.05) is 0 Å². The van der Waals surface area contributed by atoms with Gasteiger partial charge < -0.3 is 10.1 Å². The van der Waals surface area contributed by atoms with Crippen LogP contribution in [0.4, 0.5) is 17.2 Å². The van der Waals surface area contributed by atoms with E-state index < -0.39 is 10.9 Å². The van der Waals surface area contributed by atoms with Gasteiger partial charge in [-0.3, -0.25) is 10.1 Å². The molecule has 0 aliphatic rings. The Labute approximate surface area is 148 Å². The third kappa shape index (κ3) is 4.18. The summed E-state index contributed by atoms with van der Waals surface area (Å²) in [5.74, 6) is 0.429. The van der Waals surface area contributed by atoms with Crippen LogP contribution in [0.15, 0.2) is 60.9 Å². The first-order valence-electron chi connectivity index (χ1n) is 7.63. The van der Waals surface area contributed by atoms with Gasteiger partial charge in [0.15, 0.2) is 0 Å². The summed E-state index contributed by atoms with van der Waals surface area (Å²) < 4.78 is 5.26. The molecule has 0 unspecified atom stereocenters. The molecule has 0 spiro atoms. The second kappa shape index (κ2) is 7.39. The topological polar surface area (TPSA) is 107 Å². The van der Waals surface area contributed by atoms with Crippen molar-refractivity contribution in [1.29, 1.82) is 0 Å². The van der Waals surface area contributed by atoms with Crippen molar-refractivity contribution in [3.8, 4) is 5.75 Å². The first-order valence-corrected chi connectivity index (χ1v) is 7.63. The zero-order valence-electron chi connectivity index (χ0n) is 13.7. The molecule has 0 atom stereocenters. The number of rotatable bonds is 5. The summed E-state index contributed by atoms with van der Waals surface area (Å²) in [6, 6.07) is 13.8. The van der Waals surface area contributed by atoms with E-state index in [4.69, 9.17) is 4.74 Å². The van der Waals surface area contributed by atoms with Crippen molar-refractivity contribution in [2.75, 3.05) is 5.32 Å². The fourth-order valence-electron chi connectivity index (χ4n) is 2.16. The normalized spacial score (nSPS) is 10.2. The zero-order valence-corrected chi connectivity index (χ0v) is 13.7. The van der Waals surface area contributed by atoms with Crippen LogP contribution in [0.1, 0.15) is 16.1 Å². The van der Waals surface area contributed by atoms with Gasteiger partial charge in [0.25, 0.3) is 5.69 Å². The summed E-state index contributed by atoms with van der Waals surface area (Å²) in [7, 11) is 0. The molecule has 26 heavy (non-hydrogen) atoms. The van der Waals surface area contributed by atoms with Crippen LogP contribution in [0, 0.1) is 17.0 Å². The van der Waals surface area contributed by atoms with E-state index >= 15 is 0 Å². The molecule has 0 amide bonds. The van der Waals surface area contributed by atoms with Crippen LogP contribution >= 0.6 is 0 Å². The molecule has 3 aromatic rings. The third-order valence-corrected chi connectivity index (χ3v) is 3.45. The van der Waals surface area contributed by atoms with Gasteiger partial charge >= 0.3 is 5.97 Å². The van der Waals surface area contributed by atoms with E-state index in [2.05, 4.69) is 15.3 Å². The number of nitro groups is 1. The number of nitrogens with one attached hydrogen (secondary N) is 1. The van der Waals surface area contributed by atoms with Gasteiger partial charge in [-0.25, -0.2) is 14.8 Å². The second-order valence-electron chi connectivity index (χ2n) is 5.39. The Bertz CT molecular complexity index is 940. The Kier molecular flexibility index (Phi) is 4.84. The Morgan fingerprint density at radius 3 is 2.38 bits per heavy atom. The number of carbonyl (C=O) groups is 1. The van der Waals surface area contributed by atoms with E-state index in [0.29, 0.717) is 11.6 Å². The van der Waals surface area contributed by atoms with Gasteiger partial charge in [-0.05, 0) is 43.3 Å². The van der Waals surface area contributed by atoms with E-state index in [0.717, 1.165) is 11.4 Å². The van der Waals surface area contributed by atoms with Crippen molar-refractivity contribution in [1.82, 2.24) is 9.97 Å². The van der Waals surface area contributed by atoms with Crippen molar-refractivity contribution in [3.05, 3.63) is 82.3 Å². The van der Waals surface area contributed by atoms with E-state index in [1.54, 1.807) is 24.3 Å². The Balaban J connectivity index is 1.65. The predicted molar refractivity (Wildman–Crippen MR) is 94.5 cm³/mol. The lowest BCUT2D eigenvalue weighted by molar-refractivity contribution is -0.384. The first kappa shape index (κ1) is 17.0. The van der Waals surface area contributed by atoms with Gasteiger partial charge in [0.1, 0.15) is 17.9 Å². The van der Waals surface area contributed by atoms with Crippen LogP contribution in [0.25, 0.3) is 0 Å². The minimum absolute atomic E-state index is 0.0862. The molecule has 8 nitrogen and oxygen atoms in total. The van der Waals surface area contributed by atoms with E-state index in [1.807, 2.05) is 13.0 Å². The Morgan fingerprint density at radius 1 is 1.08 bits per heavy atom. The van der Waals surface area contributed by atoms with Crippen molar-refractivity contribution in [3.63, 3.8) is 0 Å². The number of carbonyl (C=O) groups excluding carboxylic acids is 1. The lowest BCUT2D eigenvalue weighted by Gasteiger charge is -2.08. The molecule has 0 bridgehead atoms. The van der Waals surface area contributed by atoms with Crippen molar-refractivity contribution in [2.45, 2.75) is 6.92 Å². The van der Waals surface area contributed by atoms with Gasteiger partial charge in [0.2, 0.25) is 0 Å². The van der Waals surface area contributed by atoms with Gasteiger partial charge in [0.05, 0.1) is 10.5 Å². The number of benzene rings is 2. The maximum Gasteiger partial charge on any atom is 0.343 e. The van der Waals surface area contributed by atoms with E-state index in [-0.39, 0.29) is 11.3 Å². The summed E-state index contributed by atoms with van der Waals surface area (Å²) in [5, 5.41) is 13.7. The van der Waals surface area contributed by atoms with Crippen LogP contribution < -0.4 is 10.1 Å². The number of aryl methyl sites for hydroxylation is 1. The standard InChI is InChI=1S/C18H14N4O4/c1-12-10-17(20-11-19-12)21-14-4-8-16(9-5-14)26-18(23)13-2-6-15(7-3-13)22(24)25/h2-11H,1H3,(H,19,20,21). The Hall–Kier alpha value is -3.81. The molecule has 1 heterocycles. The molecule has 0 saturated heterocycles. The second-order valence-corrected chi connectivity index (χ2v) is 5.39. The van der Waals surface area contributed by atoms with Gasteiger partial charge in [-0.15, -0.1) is 0 Å². The minimum Gasteiger partial charge on any atom is -0.423 e. The molecule has 1 aromatic heterocycles. The SMILES string of the molecule is Cc1cc(Nc2ccc(OC(=O)c3ccc([N+](=O)[O-])cc3)cc2)ncn1. The number of hydrogen-bond donors (Lipinski definition) is 1. The summed E-state index contributed by atoms with van der Waals surface area (Å²) >= 11 is 0. The smallest absolute Gasteiger partial charge is 0.343 e. The van der Waals surface area contributed by atoms with Crippen LogP contribution in [0.3, 0.4) is 0 Å². The molecule has 0 aliphatic heterocycles. The number of ether oxygens (including phenoxy) is 1. The van der Waals surface area contributed by atoms with Gasteiger partial charge in [0, 0.05) is 29.6 Å². The molecule has 8 heteroatoms. The molecule has 0 radical (unpaired) electrons. The van der Waals surface area contributed by atoms with Crippen molar-refractivity contribution >= 4 is 23.2 Å². The van der Waals surface area contributed by atoms with Crippen LogP contribution in [0.5, 0.6) is 5.75 Å². The fraction of sp³-hybridized carbons (Fsp3) is 0.0556. The monoisotopic (exact) mass is 350 g/mol. The molecular formula is C18H14N4O4. The van der Waals surface area contributed by atoms with Crippen LogP contribution in [0.2, 0.25) is 0 Å². The fourth-order valence-corrected chi connectivity index (χ4v) is 2.16. The average molecular weight is 350 g/mol. The summed E-state index contributed by atoms with van der Waals surface area (Å²) in [6.45, 7) is 1.87. The highest BCUT2D eigenvalue weighted by molar-refractivity contribution is 5.91. The highest BCUT2D eigenvalue weighted by Gasteiger charge is 2.11. The number of hydrogen-bond acceptors (Lipinski definition) is 7. The lowest BCUT2D eigenvalue weighted by atomic mass is 10.2. The van der Waals surface area contributed by atoms with Crippen LogP contribution in [-0.4, -0.2) is 20.9 Å². The number of esters is 1. The molecule has 130 valence electrons. The molecular weight excluding hydrogens is 336 g/mol. The maximum atomic E-state index is 12.1. The number of anilines is 2. The molecule has 0 fully saturated rings. The van der Waals surface area contributed by atoms with Gasteiger partial charge in [-0.2, -0.15) is 0 Å². The molecule has 2 aromatic carbocycles. The highest BCUT2D eigenvalue weighted by Crippen LogP contribution is 2.20. The maximum absolute atomic E-state index is 12.1. The molecule has 1 N–H and O–H groups in total. The van der Waals surface area contributed by atoms with Crippen molar-refractivity contribution in [2.24, 2.45) is 0 Å². The average Bonchev–Trinajstić information content (AvgIpc) is 2.63. The van der Waals surface area contributed by atoms with E-state index in [1.165, 1.54) is 30.6 Å². The number of aromatic nitrogens is 2. The molecule has 0 aliphatic carbocycles. The lowest BCUT2D eigenvalue weighted by Crippen LogP contribution is -2.08.